The number of carboxylic acid groups (broad SMARTS) is 2. The molecule has 0 amide bonds. The van der Waals surface area contributed by atoms with Crippen molar-refractivity contribution in [2.45, 2.75) is 12.3 Å². The predicted molar refractivity (Wildman–Crippen MR) is 46.0 cm³/mol. The molecule has 0 aromatic heterocycles. The predicted octanol–water partition coefficient (Wildman–Crippen LogP) is -1.86. The molecule has 0 aromatic carbocycles. The van der Waals surface area contributed by atoms with Gasteiger partial charge in [-0.3, -0.25) is 0 Å². The van der Waals surface area contributed by atoms with Crippen molar-refractivity contribution in [3.05, 3.63) is 25.3 Å². The number of halogens is 2. The van der Waals surface area contributed by atoms with Gasteiger partial charge in [-0.15, -0.1) is 0 Å². The van der Waals surface area contributed by atoms with Crippen LogP contribution >= 0.6 is 0 Å². The third-order valence-corrected chi connectivity index (χ3v) is 0.864. The van der Waals surface area contributed by atoms with Gasteiger partial charge in [-0.1, -0.05) is 25.3 Å². The van der Waals surface area contributed by atoms with Gasteiger partial charge in [0.2, 0.25) is 0 Å². The van der Waals surface area contributed by atoms with E-state index in [1.54, 1.807) is 0 Å². The second-order valence-electron chi connectivity index (χ2n) is 1.91. The molecule has 0 aromatic rings. The zero-order valence-corrected chi connectivity index (χ0v) is 10.0. The first kappa shape index (κ1) is 20.0. The Morgan fingerprint density at radius 1 is 1.00 bits per heavy atom. The molecule has 0 aliphatic carbocycles. The molecule has 0 aliphatic heterocycles. The summed E-state index contributed by atoms with van der Waals surface area (Å²) < 4.78 is 22.9. The minimum Gasteiger partial charge on any atom is -0.547 e. The molecule has 80 valence electrons. The van der Waals surface area contributed by atoms with Gasteiger partial charge in [-0.25, -0.2) is 8.78 Å². The van der Waals surface area contributed by atoms with Crippen LogP contribution in [-0.4, -0.2) is 62.0 Å². The molecule has 7 heteroatoms. The van der Waals surface area contributed by atoms with Gasteiger partial charge >= 0.3 is 37.7 Å². The fraction of sp³-hybridized carbons (Fsp3) is 0.250. The first-order chi connectivity index (χ1) is 6.36. The van der Waals surface area contributed by atoms with Crippen molar-refractivity contribution in [2.75, 3.05) is 0 Å². The summed E-state index contributed by atoms with van der Waals surface area (Å²) in [6, 6.07) is 0. The van der Waals surface area contributed by atoms with Gasteiger partial charge in [0.05, 0.1) is 11.9 Å². The van der Waals surface area contributed by atoms with E-state index in [0.717, 1.165) is 0 Å². The van der Waals surface area contributed by atoms with Crippen molar-refractivity contribution >= 4 is 49.7 Å². The molecule has 4 nitrogen and oxygen atoms in total. The Kier molecular flexibility index (Phi) is 15.5. The number of hydrogen-bond acceptors (Lipinski definition) is 4. The molecule has 0 spiro atoms. The normalized spacial score (nSPS) is 11.9. The van der Waals surface area contributed by atoms with Crippen LogP contribution in [0.2, 0.25) is 0 Å². The molecule has 0 N–H and O–H groups in total. The Morgan fingerprint density at radius 3 is 1.20 bits per heavy atom. The van der Waals surface area contributed by atoms with Crippen LogP contribution in [0.5, 0.6) is 0 Å². The van der Waals surface area contributed by atoms with Crippen molar-refractivity contribution in [2.24, 2.45) is 0 Å². The van der Waals surface area contributed by atoms with Crippen molar-refractivity contribution in [1.29, 1.82) is 0 Å². The van der Waals surface area contributed by atoms with E-state index >= 15 is 0 Å². The molecule has 0 rings (SSSR count). The molecule has 0 bridgehead atoms. The number of carbonyl (C=O) groups is 2. The molecule has 2 atom stereocenters. The van der Waals surface area contributed by atoms with Crippen molar-refractivity contribution in [3.63, 3.8) is 0 Å². The first-order valence-corrected chi connectivity index (χ1v) is 3.31. The van der Waals surface area contributed by atoms with Crippen molar-refractivity contribution < 1.29 is 28.6 Å². The average molecular weight is 246 g/mol. The maximum absolute atomic E-state index is 11.5. The summed E-state index contributed by atoms with van der Waals surface area (Å²) in [5.41, 5.74) is 0. The van der Waals surface area contributed by atoms with Crippen LogP contribution in [0.4, 0.5) is 8.78 Å². The van der Waals surface area contributed by atoms with Gasteiger partial charge < -0.3 is 19.8 Å². The number of carboxylic acids is 2. The van der Waals surface area contributed by atoms with E-state index in [9.17, 15) is 28.6 Å². The van der Waals surface area contributed by atoms with E-state index in [0.29, 0.717) is 12.2 Å². The van der Waals surface area contributed by atoms with Crippen LogP contribution in [0.3, 0.4) is 0 Å². The van der Waals surface area contributed by atoms with E-state index < -0.39 is 24.3 Å². The molecule has 0 radical (unpaired) electrons. The van der Waals surface area contributed by atoms with E-state index in [1.165, 1.54) is 0 Å². The Labute approximate surface area is 115 Å². The number of hydrogen-bond donors (Lipinski definition) is 0. The molecular weight excluding hydrogens is 238 g/mol. The van der Waals surface area contributed by atoms with E-state index in [4.69, 9.17) is 0 Å². The maximum atomic E-state index is 11.5. The van der Waals surface area contributed by atoms with Crippen molar-refractivity contribution in [1.82, 2.24) is 0 Å². The minimum absolute atomic E-state index is 0. The van der Waals surface area contributed by atoms with Crippen LogP contribution in [-0.2, 0) is 9.59 Å². The summed E-state index contributed by atoms with van der Waals surface area (Å²) >= 11 is 0. The van der Waals surface area contributed by atoms with Gasteiger partial charge in [0.1, 0.15) is 0 Å². The average Bonchev–Trinajstić information content (AvgIpc) is 2.15. The smallest absolute Gasteiger partial charge is 0.547 e. The zero-order chi connectivity index (χ0) is 11.7. The third-order valence-electron chi connectivity index (χ3n) is 0.864. The molecule has 0 aliphatic rings. The van der Waals surface area contributed by atoms with Crippen LogP contribution in [0.1, 0.15) is 0 Å². The van der Waals surface area contributed by atoms with Gasteiger partial charge in [-0.2, -0.15) is 0 Å². The summed E-state index contributed by atoms with van der Waals surface area (Å²) in [7, 11) is 0. The van der Waals surface area contributed by atoms with Crippen LogP contribution in [0, 0.1) is 0 Å². The quantitative estimate of drug-likeness (QED) is 0.430. The van der Waals surface area contributed by atoms with E-state index in [-0.39, 0.29) is 37.7 Å². The number of aliphatic carboxylic acids is 2. The van der Waals surface area contributed by atoms with E-state index in [2.05, 4.69) is 13.2 Å². The molecule has 0 saturated heterocycles. The van der Waals surface area contributed by atoms with Crippen molar-refractivity contribution in [3.8, 4) is 0 Å². The summed E-state index contributed by atoms with van der Waals surface area (Å²) in [4.78, 5) is 18.7. The van der Waals surface area contributed by atoms with Crippen LogP contribution in [0.25, 0.3) is 0 Å². The summed E-state index contributed by atoms with van der Waals surface area (Å²) in [6.45, 7) is 5.77. The summed E-state index contributed by atoms with van der Waals surface area (Å²) in [5.74, 6) is -3.48. The summed E-state index contributed by atoms with van der Waals surface area (Å²) in [6.07, 6.45) is -2.73. The number of carbonyl (C=O) groups excluding carboxylic acids is 2. The largest absolute Gasteiger partial charge is 2.00 e. The number of rotatable bonds is 4. The Balaban J connectivity index is -0.000000180. The fourth-order valence-corrected chi connectivity index (χ4v) is 0.192. The minimum atomic E-state index is -2.03. The van der Waals surface area contributed by atoms with Gasteiger partial charge in [0, 0.05) is 0 Å². The summed E-state index contributed by atoms with van der Waals surface area (Å²) in [5, 5.41) is 18.7. The second-order valence-corrected chi connectivity index (χ2v) is 1.91. The molecule has 0 saturated carbocycles. The second kappa shape index (κ2) is 11.6. The zero-order valence-electron chi connectivity index (χ0n) is 7.82. The van der Waals surface area contributed by atoms with Gasteiger partial charge in [-0.05, 0) is 0 Å². The fourth-order valence-electron chi connectivity index (χ4n) is 0.192. The van der Waals surface area contributed by atoms with Gasteiger partial charge in [0.25, 0.3) is 0 Å². The molecule has 2 unspecified atom stereocenters. The Morgan fingerprint density at radius 2 is 1.20 bits per heavy atom. The van der Waals surface area contributed by atoms with Gasteiger partial charge in [0.15, 0.2) is 12.3 Å². The maximum Gasteiger partial charge on any atom is 2.00 e. The molecular formula is C8H8CaF2O4. The standard InChI is InChI=1S/2C4H5FO2.Ca/c2*1-2-3(5)4(6)7;/h2*2-3H,1H2,(H,6,7);/q;;+2/p-2. The van der Waals surface area contributed by atoms with E-state index in [1.807, 2.05) is 0 Å². The SMILES string of the molecule is C=CC(F)C(=O)[O-].C=CC(F)C(=O)[O-].[Ca+2]. The van der Waals surface area contributed by atoms with Crippen LogP contribution in [0.15, 0.2) is 25.3 Å². The first-order valence-electron chi connectivity index (χ1n) is 3.31. The Bertz CT molecular complexity index is 209. The van der Waals surface area contributed by atoms with Crippen LogP contribution < -0.4 is 10.2 Å². The topological polar surface area (TPSA) is 80.3 Å². The number of alkyl halides is 2. The monoisotopic (exact) mass is 246 g/mol. The third kappa shape index (κ3) is 13.5. The molecule has 15 heavy (non-hydrogen) atoms. The molecule has 0 fully saturated rings. The Hall–Kier alpha value is -0.460. The molecule has 0 heterocycles.